The summed E-state index contributed by atoms with van der Waals surface area (Å²) in [6, 6.07) is 36.2. The highest BCUT2D eigenvalue weighted by molar-refractivity contribution is 6.39. The molecular weight excluding hydrogens is 772 g/mol. The van der Waals surface area contributed by atoms with E-state index in [2.05, 4.69) is 30.5 Å². The first-order valence-electron chi connectivity index (χ1n) is 17.9. The third-order valence-electron chi connectivity index (χ3n) is 9.58. The van der Waals surface area contributed by atoms with Gasteiger partial charge >= 0.3 is 6.18 Å². The van der Waals surface area contributed by atoms with E-state index in [1.54, 1.807) is 6.33 Å². The number of fused-ring (bicyclic) bond motifs is 2. The van der Waals surface area contributed by atoms with E-state index >= 15 is 0 Å². The Morgan fingerprint density at radius 3 is 1.53 bits per heavy atom. The third kappa shape index (κ3) is 7.11. The van der Waals surface area contributed by atoms with Gasteiger partial charge in [-0.3, -0.25) is 0 Å². The maximum absolute atomic E-state index is 13.3. The van der Waals surface area contributed by atoms with Gasteiger partial charge in [-0.2, -0.15) is 23.4 Å². The van der Waals surface area contributed by atoms with Crippen LogP contribution < -0.4 is 0 Å². The number of rotatable bonds is 10. The minimum Gasteiger partial charge on any atom is -0.335 e. The Kier molecular flexibility index (Phi) is 9.47. The van der Waals surface area contributed by atoms with Gasteiger partial charge in [0, 0.05) is 40.6 Å². The average molecular weight is 802 g/mol. The molecule has 0 N–H and O–H groups in total. The van der Waals surface area contributed by atoms with Crippen molar-refractivity contribution in [3.63, 3.8) is 0 Å². The molecule has 0 saturated carbocycles. The number of halogens is 5. The second kappa shape index (κ2) is 14.9. The average Bonchev–Trinajstić information content (AvgIpc) is 3.97. The van der Waals surface area contributed by atoms with Gasteiger partial charge in [-0.25, -0.2) is 14.3 Å². The number of nitrogens with zero attached hydrogens (tertiary/aromatic N) is 10. The summed E-state index contributed by atoms with van der Waals surface area (Å²) in [6.07, 6.45) is -1.82. The van der Waals surface area contributed by atoms with Gasteiger partial charge in [0.05, 0.1) is 52.3 Å². The molecule has 0 aliphatic carbocycles. The number of hydrogen-bond acceptors (Lipinski definition) is 7. The number of imidazole rings is 1. The first-order chi connectivity index (χ1) is 27.7. The van der Waals surface area contributed by atoms with Crippen LogP contribution in [0.4, 0.5) is 13.2 Å². The molecule has 0 radical (unpaired) electrons. The van der Waals surface area contributed by atoms with Crippen molar-refractivity contribution in [2.24, 2.45) is 0 Å². The van der Waals surface area contributed by atoms with E-state index in [0.29, 0.717) is 63.2 Å². The highest BCUT2D eigenvalue weighted by Crippen LogP contribution is 2.40. The molecule has 0 amide bonds. The number of benzene rings is 4. The summed E-state index contributed by atoms with van der Waals surface area (Å²) in [5.41, 5.74) is 7.37. The molecule has 0 saturated heterocycles. The zero-order valence-corrected chi connectivity index (χ0v) is 31.3. The van der Waals surface area contributed by atoms with Gasteiger partial charge in [0.1, 0.15) is 22.8 Å². The first kappa shape index (κ1) is 36.2. The lowest BCUT2D eigenvalue weighted by molar-refractivity contribution is -0.137. The highest BCUT2D eigenvalue weighted by Gasteiger charge is 2.29. The van der Waals surface area contributed by atoms with Gasteiger partial charge in [0.25, 0.3) is 0 Å². The molecule has 57 heavy (non-hydrogen) atoms. The second-order valence-electron chi connectivity index (χ2n) is 13.3. The number of alkyl halides is 3. The van der Waals surface area contributed by atoms with Gasteiger partial charge in [-0.1, -0.05) is 132 Å². The van der Waals surface area contributed by atoms with Crippen molar-refractivity contribution < 1.29 is 13.2 Å². The van der Waals surface area contributed by atoms with E-state index in [9.17, 15) is 13.2 Å². The number of aryl methyl sites for hydroxylation is 3. The first-order valence-corrected chi connectivity index (χ1v) is 18.7. The van der Waals surface area contributed by atoms with Crippen molar-refractivity contribution in [2.45, 2.75) is 32.2 Å². The third-order valence-corrected chi connectivity index (χ3v) is 10.3. The summed E-state index contributed by atoms with van der Waals surface area (Å²) >= 11 is 14.0. The minimum absolute atomic E-state index is 0.164. The molecule has 0 fully saturated rings. The quantitative estimate of drug-likeness (QED) is 0.136. The van der Waals surface area contributed by atoms with E-state index in [-0.39, 0.29) is 10.7 Å². The number of hydrogen-bond donors (Lipinski definition) is 0. The molecule has 282 valence electrons. The Morgan fingerprint density at radius 1 is 0.509 bits per heavy atom. The van der Waals surface area contributed by atoms with Crippen LogP contribution in [0.5, 0.6) is 0 Å². The van der Waals surface area contributed by atoms with Crippen molar-refractivity contribution >= 4 is 45.3 Å². The monoisotopic (exact) mass is 800 g/mol. The standard InChI is InChI=1S/C42H29Cl2F3N10/c43-34-32-36(26-11-4-1-5-12-26)53-57(41(32)52-50-38(34)27-13-6-2-7-14-27)22-21-55-24-31(48-25-55)29-17-10-18-30(23-29)37-33-35(44)39(28-15-8-3-9-16-28)49-51-40(33)56(54-37)20-19-42(45,46)47/h1-18,23-25H,19-22H2. The van der Waals surface area contributed by atoms with Gasteiger partial charge in [-0.15, -0.1) is 20.4 Å². The molecular formula is C42H29Cl2F3N10. The van der Waals surface area contributed by atoms with Gasteiger partial charge in [0.2, 0.25) is 0 Å². The molecule has 0 atom stereocenters. The summed E-state index contributed by atoms with van der Waals surface area (Å²) in [7, 11) is 0. The molecule has 0 aliphatic heterocycles. The lowest BCUT2D eigenvalue weighted by Crippen LogP contribution is -2.13. The van der Waals surface area contributed by atoms with Crippen LogP contribution in [0.25, 0.3) is 78.4 Å². The highest BCUT2D eigenvalue weighted by atomic mass is 35.5. The Balaban J connectivity index is 1.03. The zero-order chi connectivity index (χ0) is 39.1. The van der Waals surface area contributed by atoms with Crippen LogP contribution in [-0.4, -0.2) is 55.7 Å². The van der Waals surface area contributed by atoms with Crippen molar-refractivity contribution in [3.05, 3.63) is 138 Å². The molecule has 0 unspecified atom stereocenters. The van der Waals surface area contributed by atoms with Gasteiger partial charge in [-0.05, 0) is 6.07 Å². The summed E-state index contributed by atoms with van der Waals surface area (Å²) in [6.45, 7) is 0.506. The lowest BCUT2D eigenvalue weighted by Gasteiger charge is -2.07. The van der Waals surface area contributed by atoms with Gasteiger partial charge in [0.15, 0.2) is 11.3 Å². The minimum atomic E-state index is -4.39. The van der Waals surface area contributed by atoms with Gasteiger partial charge < -0.3 is 4.57 Å². The molecule has 5 heterocycles. The van der Waals surface area contributed by atoms with Crippen LogP contribution in [0.2, 0.25) is 10.0 Å². The SMILES string of the molecule is FC(F)(F)CCn1nc(-c2cccc(-c3cn(CCn4nc(-c5ccccc5)c5c(Cl)c(-c6ccccc6)nnc54)cn3)c2)c2c(Cl)c(-c3ccccc3)nnc21. The van der Waals surface area contributed by atoms with E-state index in [0.717, 1.165) is 27.6 Å². The van der Waals surface area contributed by atoms with Crippen LogP contribution in [0.3, 0.4) is 0 Å². The smallest absolute Gasteiger partial charge is 0.335 e. The molecule has 0 aliphatic rings. The van der Waals surface area contributed by atoms with Crippen molar-refractivity contribution in [1.82, 2.24) is 49.5 Å². The molecule has 15 heteroatoms. The fraction of sp³-hybridized carbons (Fsp3) is 0.119. The van der Waals surface area contributed by atoms with Crippen molar-refractivity contribution in [1.29, 1.82) is 0 Å². The van der Waals surface area contributed by atoms with E-state index in [1.165, 1.54) is 4.68 Å². The van der Waals surface area contributed by atoms with Crippen LogP contribution in [0, 0.1) is 0 Å². The summed E-state index contributed by atoms with van der Waals surface area (Å²) in [4.78, 5) is 4.69. The Morgan fingerprint density at radius 2 is 0.982 bits per heavy atom. The van der Waals surface area contributed by atoms with E-state index < -0.39 is 19.1 Å². The fourth-order valence-corrected chi connectivity index (χ4v) is 7.45. The Labute approximate surface area is 333 Å². The molecule has 9 aromatic rings. The Hall–Kier alpha value is -6.44. The normalized spacial score (nSPS) is 11.9. The molecule has 9 rings (SSSR count). The number of aromatic nitrogens is 10. The predicted octanol–water partition coefficient (Wildman–Crippen LogP) is 10.5. The summed E-state index contributed by atoms with van der Waals surface area (Å²) in [5.74, 6) is 0. The summed E-state index contributed by atoms with van der Waals surface area (Å²) < 4.78 is 45.0. The molecule has 0 bridgehead atoms. The van der Waals surface area contributed by atoms with Crippen LogP contribution >= 0.6 is 23.2 Å². The largest absolute Gasteiger partial charge is 0.390 e. The topological polar surface area (TPSA) is 105 Å². The maximum atomic E-state index is 13.3. The zero-order valence-electron chi connectivity index (χ0n) is 29.8. The Bertz CT molecular complexity index is 2870. The fourth-order valence-electron chi connectivity index (χ4n) is 6.81. The molecule has 4 aromatic carbocycles. The van der Waals surface area contributed by atoms with E-state index in [4.69, 9.17) is 28.3 Å². The second-order valence-corrected chi connectivity index (χ2v) is 14.1. The van der Waals surface area contributed by atoms with Crippen LogP contribution in [0.15, 0.2) is 128 Å². The lowest BCUT2D eigenvalue weighted by atomic mass is 10.0. The summed E-state index contributed by atoms with van der Waals surface area (Å²) in [5, 5.41) is 29.2. The van der Waals surface area contributed by atoms with Crippen LogP contribution in [0.1, 0.15) is 6.42 Å². The molecule has 0 spiro atoms. The molecule has 5 aromatic heterocycles. The van der Waals surface area contributed by atoms with Crippen molar-refractivity contribution in [2.75, 3.05) is 0 Å². The van der Waals surface area contributed by atoms with Crippen molar-refractivity contribution in [3.8, 4) is 56.3 Å². The van der Waals surface area contributed by atoms with Crippen LogP contribution in [-0.2, 0) is 19.6 Å². The predicted molar refractivity (Wildman–Crippen MR) is 214 cm³/mol. The van der Waals surface area contributed by atoms with E-state index in [1.807, 2.05) is 131 Å². The molecule has 10 nitrogen and oxygen atoms in total. The maximum Gasteiger partial charge on any atom is 0.390 e.